The van der Waals surface area contributed by atoms with Gasteiger partial charge < -0.3 is 5.32 Å². The normalized spacial score (nSPS) is 26.3. The molecule has 74 valence electrons. The van der Waals surface area contributed by atoms with Crippen molar-refractivity contribution in [2.75, 3.05) is 19.6 Å². The maximum Gasteiger partial charge on any atom is 0.277 e. The molecule has 0 aromatic rings. The lowest BCUT2D eigenvalue weighted by Gasteiger charge is -2.30. The van der Waals surface area contributed by atoms with Gasteiger partial charge in [-0.25, -0.2) is 5.14 Å². The van der Waals surface area contributed by atoms with Gasteiger partial charge in [-0.05, 0) is 6.92 Å². The fourth-order valence-corrected chi connectivity index (χ4v) is 2.12. The van der Waals surface area contributed by atoms with Crippen molar-refractivity contribution in [2.45, 2.75) is 13.0 Å². The second-order valence-corrected chi connectivity index (χ2v) is 4.21. The molecule has 1 aliphatic heterocycles. The lowest BCUT2D eigenvalue weighted by molar-refractivity contribution is 0.284. The molecule has 0 amide bonds. The van der Waals surface area contributed by atoms with Gasteiger partial charge in [0.15, 0.2) is 0 Å². The predicted molar refractivity (Wildman–Crippen MR) is 49.4 cm³/mol. The zero-order valence-corrected chi connectivity index (χ0v) is 8.49. The van der Waals surface area contributed by atoms with E-state index in [1.807, 2.05) is 6.92 Å². The van der Waals surface area contributed by atoms with E-state index in [1.54, 1.807) is 0 Å². The molecule has 1 saturated heterocycles. The number of nitrogens with zero attached hydrogens (tertiary/aromatic N) is 1. The van der Waals surface area contributed by atoms with E-state index in [4.69, 9.17) is 5.14 Å². The highest BCUT2D eigenvalue weighted by Crippen LogP contribution is 2.04. The number of hydrogen-bond acceptors (Lipinski definition) is 3. The lowest BCUT2D eigenvalue weighted by atomic mass is 10.3. The van der Waals surface area contributed by atoms with E-state index >= 15 is 0 Å². The van der Waals surface area contributed by atoms with Crippen LogP contribution < -0.4 is 10.5 Å². The molecule has 5 nitrogen and oxygen atoms in total. The van der Waals surface area contributed by atoms with Crippen LogP contribution >= 0.6 is 12.4 Å². The first kappa shape index (κ1) is 12.1. The summed E-state index contributed by atoms with van der Waals surface area (Å²) in [4.78, 5) is 0. The quantitative estimate of drug-likeness (QED) is 0.584. The molecule has 0 aromatic carbocycles. The molecular weight excluding hydrogens is 202 g/mol. The van der Waals surface area contributed by atoms with Gasteiger partial charge in [0.25, 0.3) is 10.2 Å². The SMILES string of the molecule is C[C@@H]1CNCCN1S(N)(=O)=O.Cl. The summed E-state index contributed by atoms with van der Waals surface area (Å²) in [6.45, 7) is 3.66. The van der Waals surface area contributed by atoms with Crippen LogP contribution in [0.1, 0.15) is 6.92 Å². The maximum absolute atomic E-state index is 10.9. The fraction of sp³-hybridized carbons (Fsp3) is 1.00. The average Bonchev–Trinajstić information content (AvgIpc) is 1.86. The van der Waals surface area contributed by atoms with Gasteiger partial charge in [0.1, 0.15) is 0 Å². The summed E-state index contributed by atoms with van der Waals surface area (Å²) in [6.07, 6.45) is 0. The van der Waals surface area contributed by atoms with Gasteiger partial charge in [0.2, 0.25) is 0 Å². The number of rotatable bonds is 1. The van der Waals surface area contributed by atoms with Crippen molar-refractivity contribution in [1.29, 1.82) is 0 Å². The standard InChI is InChI=1S/C5H13N3O2S.ClH/c1-5-4-7-2-3-8(5)11(6,9)10;/h5,7H,2-4H2,1H3,(H2,6,9,10);1H/t5-;/m1./s1. The van der Waals surface area contributed by atoms with Crippen LogP contribution in [0.25, 0.3) is 0 Å². The largest absolute Gasteiger partial charge is 0.314 e. The highest BCUT2D eigenvalue weighted by Gasteiger charge is 2.25. The first-order valence-corrected chi connectivity index (χ1v) is 5.02. The fourth-order valence-electron chi connectivity index (χ4n) is 1.20. The van der Waals surface area contributed by atoms with Gasteiger partial charge >= 0.3 is 0 Å². The minimum absolute atomic E-state index is 0. The Morgan fingerprint density at radius 3 is 2.50 bits per heavy atom. The summed E-state index contributed by atoms with van der Waals surface area (Å²) in [7, 11) is -3.48. The minimum atomic E-state index is -3.48. The van der Waals surface area contributed by atoms with Crippen molar-refractivity contribution in [3.05, 3.63) is 0 Å². The molecule has 1 heterocycles. The molecule has 1 atom stereocenters. The van der Waals surface area contributed by atoms with Crippen molar-refractivity contribution in [2.24, 2.45) is 5.14 Å². The number of piperazine rings is 1. The van der Waals surface area contributed by atoms with E-state index in [0.29, 0.717) is 19.6 Å². The average molecular weight is 216 g/mol. The van der Waals surface area contributed by atoms with Crippen LogP contribution in [0.2, 0.25) is 0 Å². The Morgan fingerprint density at radius 2 is 2.17 bits per heavy atom. The smallest absolute Gasteiger partial charge is 0.277 e. The van der Waals surface area contributed by atoms with E-state index in [0.717, 1.165) is 0 Å². The second-order valence-electron chi connectivity index (χ2n) is 2.71. The van der Waals surface area contributed by atoms with Crippen LogP contribution in [0.15, 0.2) is 0 Å². The Balaban J connectivity index is 0.00000121. The van der Waals surface area contributed by atoms with E-state index in [2.05, 4.69) is 5.32 Å². The van der Waals surface area contributed by atoms with Crippen molar-refractivity contribution in [3.63, 3.8) is 0 Å². The Labute approximate surface area is 78.9 Å². The van der Waals surface area contributed by atoms with E-state index in [-0.39, 0.29) is 18.4 Å². The van der Waals surface area contributed by atoms with Gasteiger partial charge in [-0.2, -0.15) is 12.7 Å². The number of hydrogen-bond donors (Lipinski definition) is 2. The van der Waals surface area contributed by atoms with Crippen molar-refractivity contribution >= 4 is 22.6 Å². The van der Waals surface area contributed by atoms with Gasteiger partial charge in [0, 0.05) is 25.7 Å². The Hall–Kier alpha value is 0.120. The summed E-state index contributed by atoms with van der Waals surface area (Å²) in [5, 5.41) is 8.05. The van der Waals surface area contributed by atoms with Crippen molar-refractivity contribution in [3.8, 4) is 0 Å². The van der Waals surface area contributed by atoms with Crippen molar-refractivity contribution in [1.82, 2.24) is 9.62 Å². The third-order valence-corrected chi connectivity index (χ3v) is 2.96. The monoisotopic (exact) mass is 215 g/mol. The highest BCUT2D eigenvalue weighted by atomic mass is 35.5. The summed E-state index contributed by atoms with van der Waals surface area (Å²) >= 11 is 0. The molecule has 1 rings (SSSR count). The third-order valence-electron chi connectivity index (χ3n) is 1.77. The summed E-state index contributed by atoms with van der Waals surface area (Å²) in [6, 6.07) is -0.0289. The molecule has 0 bridgehead atoms. The maximum atomic E-state index is 10.9. The summed E-state index contributed by atoms with van der Waals surface area (Å²) < 4.78 is 23.1. The van der Waals surface area contributed by atoms with Crippen LogP contribution in [0, 0.1) is 0 Å². The second kappa shape index (κ2) is 4.38. The molecule has 1 aliphatic rings. The zero-order valence-electron chi connectivity index (χ0n) is 6.86. The minimum Gasteiger partial charge on any atom is -0.314 e. The van der Waals surface area contributed by atoms with Crippen LogP contribution in [0.3, 0.4) is 0 Å². The topological polar surface area (TPSA) is 75.4 Å². The zero-order chi connectivity index (χ0) is 8.48. The molecule has 3 N–H and O–H groups in total. The van der Waals surface area contributed by atoms with E-state index in [9.17, 15) is 8.42 Å². The van der Waals surface area contributed by atoms with E-state index < -0.39 is 10.2 Å². The van der Waals surface area contributed by atoms with Gasteiger partial charge in [-0.1, -0.05) is 0 Å². The molecular formula is C5H14ClN3O2S. The Kier molecular flexibility index (Phi) is 4.43. The molecule has 1 fully saturated rings. The lowest BCUT2D eigenvalue weighted by Crippen LogP contribution is -2.54. The first-order valence-electron chi connectivity index (χ1n) is 3.52. The van der Waals surface area contributed by atoms with E-state index in [1.165, 1.54) is 4.31 Å². The molecule has 0 aliphatic carbocycles. The highest BCUT2D eigenvalue weighted by molar-refractivity contribution is 7.86. The molecule has 0 radical (unpaired) electrons. The van der Waals surface area contributed by atoms with Gasteiger partial charge in [-0.3, -0.25) is 0 Å². The number of halogens is 1. The molecule has 0 unspecified atom stereocenters. The number of nitrogens with two attached hydrogens (primary N) is 1. The molecule has 0 saturated carbocycles. The molecule has 0 aromatic heterocycles. The first-order chi connectivity index (χ1) is 5.02. The summed E-state index contributed by atoms with van der Waals surface area (Å²) in [5.41, 5.74) is 0. The van der Waals surface area contributed by atoms with Crippen LogP contribution in [0.5, 0.6) is 0 Å². The van der Waals surface area contributed by atoms with Gasteiger partial charge in [-0.15, -0.1) is 12.4 Å². The van der Waals surface area contributed by atoms with Crippen LogP contribution in [-0.2, 0) is 10.2 Å². The summed E-state index contributed by atoms with van der Waals surface area (Å²) in [5.74, 6) is 0. The Bertz CT molecular complexity index is 231. The van der Waals surface area contributed by atoms with Crippen molar-refractivity contribution < 1.29 is 8.42 Å². The molecule has 0 spiro atoms. The molecule has 12 heavy (non-hydrogen) atoms. The third kappa shape index (κ3) is 2.87. The van der Waals surface area contributed by atoms with Crippen LogP contribution in [0.4, 0.5) is 0 Å². The Morgan fingerprint density at radius 1 is 1.58 bits per heavy atom. The predicted octanol–water partition coefficient (Wildman–Crippen LogP) is -1.09. The number of nitrogens with one attached hydrogen (secondary N) is 1. The van der Waals surface area contributed by atoms with Gasteiger partial charge in [0.05, 0.1) is 0 Å². The van der Waals surface area contributed by atoms with Crippen LogP contribution in [-0.4, -0.2) is 38.4 Å². The molecule has 7 heteroatoms.